The van der Waals surface area contributed by atoms with Gasteiger partial charge in [0.25, 0.3) is 0 Å². The molecule has 0 radical (unpaired) electrons. The number of hydrogen-bond donors (Lipinski definition) is 1. The van der Waals surface area contributed by atoms with E-state index < -0.39 is 5.97 Å². The lowest BCUT2D eigenvalue weighted by molar-refractivity contribution is -0.142. The van der Waals surface area contributed by atoms with E-state index in [4.69, 9.17) is 11.6 Å². The lowest BCUT2D eigenvalue weighted by Gasteiger charge is -2.23. The molecule has 1 N–H and O–H groups in total. The molecule has 5 heteroatoms. The zero-order valence-corrected chi connectivity index (χ0v) is 12.8. The summed E-state index contributed by atoms with van der Waals surface area (Å²) in [5, 5.41) is 11.2. The number of benzene rings is 1. The van der Waals surface area contributed by atoms with Gasteiger partial charge < -0.3 is 5.11 Å². The van der Waals surface area contributed by atoms with Crippen molar-refractivity contribution in [2.24, 2.45) is 5.92 Å². The molecule has 2 saturated heterocycles. The molecular weight excluding hydrogens is 300 g/mol. The Bertz CT molecular complexity index is 749. The number of aliphatic carboxylic acids is 1. The molecule has 4 rings (SSSR count). The molecule has 1 aromatic carbocycles. The Balaban J connectivity index is 1.70. The zero-order chi connectivity index (χ0) is 15.3. The predicted molar refractivity (Wildman–Crippen MR) is 84.8 cm³/mol. The van der Waals surface area contributed by atoms with Crippen molar-refractivity contribution in [3.8, 4) is 0 Å². The lowest BCUT2D eigenvalue weighted by atomic mass is 9.89. The van der Waals surface area contributed by atoms with Gasteiger partial charge in [-0.25, -0.2) is 0 Å². The molecule has 3 heterocycles. The van der Waals surface area contributed by atoms with Crippen LogP contribution in [0.2, 0.25) is 5.02 Å². The van der Waals surface area contributed by atoms with Crippen LogP contribution in [0.1, 0.15) is 24.8 Å². The standard InChI is InChI=1S/C17H17ClN2O2/c18-14-5-3-10-2-1-7-19-16(10)13(14)9-20-11-4-6-15(20)12(8-11)17(21)22/h1-3,5,7,11-12,15H,4,6,8-9H2,(H,21,22)/t11-,12-,15-/m1/s1. The Morgan fingerprint density at radius 1 is 1.36 bits per heavy atom. The normalized spacial score (nSPS) is 27.6. The van der Waals surface area contributed by atoms with E-state index in [0.717, 1.165) is 35.7 Å². The minimum atomic E-state index is -0.667. The summed E-state index contributed by atoms with van der Waals surface area (Å²) >= 11 is 6.41. The van der Waals surface area contributed by atoms with E-state index in [1.165, 1.54) is 0 Å². The second-order valence-corrected chi connectivity index (χ2v) is 6.66. The number of halogens is 1. The summed E-state index contributed by atoms with van der Waals surface area (Å²) in [4.78, 5) is 18.2. The summed E-state index contributed by atoms with van der Waals surface area (Å²) in [7, 11) is 0. The molecule has 3 atom stereocenters. The maximum Gasteiger partial charge on any atom is 0.308 e. The molecule has 0 unspecified atom stereocenters. The van der Waals surface area contributed by atoms with Crippen molar-refractivity contribution < 1.29 is 9.90 Å². The van der Waals surface area contributed by atoms with Crippen molar-refractivity contribution in [2.75, 3.05) is 0 Å². The molecule has 2 aliphatic rings. The van der Waals surface area contributed by atoms with Gasteiger partial charge in [0.05, 0.1) is 11.4 Å². The molecule has 2 aliphatic heterocycles. The van der Waals surface area contributed by atoms with Crippen LogP contribution in [-0.2, 0) is 11.3 Å². The second kappa shape index (κ2) is 5.21. The number of nitrogens with zero attached hydrogens (tertiary/aromatic N) is 2. The first-order chi connectivity index (χ1) is 10.6. The highest BCUT2D eigenvalue weighted by molar-refractivity contribution is 6.32. The maximum absolute atomic E-state index is 11.4. The number of carbonyl (C=O) groups is 1. The van der Waals surface area contributed by atoms with Gasteiger partial charge in [-0.05, 0) is 31.4 Å². The van der Waals surface area contributed by atoms with Crippen molar-refractivity contribution in [2.45, 2.75) is 37.9 Å². The highest BCUT2D eigenvalue weighted by Crippen LogP contribution is 2.43. The van der Waals surface area contributed by atoms with Crippen molar-refractivity contribution in [1.82, 2.24) is 9.88 Å². The zero-order valence-electron chi connectivity index (χ0n) is 12.1. The molecule has 4 nitrogen and oxygen atoms in total. The van der Waals surface area contributed by atoms with E-state index >= 15 is 0 Å². The van der Waals surface area contributed by atoms with Crippen molar-refractivity contribution >= 4 is 28.5 Å². The fourth-order valence-electron chi connectivity index (χ4n) is 4.13. The number of aromatic nitrogens is 1. The maximum atomic E-state index is 11.4. The summed E-state index contributed by atoms with van der Waals surface area (Å²) in [6, 6.07) is 8.33. The average Bonchev–Trinajstić information content (AvgIpc) is 3.07. The third-order valence-electron chi connectivity index (χ3n) is 5.16. The van der Waals surface area contributed by atoms with Crippen LogP contribution in [0.3, 0.4) is 0 Å². The summed E-state index contributed by atoms with van der Waals surface area (Å²) in [6.45, 7) is 0.687. The summed E-state index contributed by atoms with van der Waals surface area (Å²) in [5.74, 6) is -0.903. The molecule has 0 saturated carbocycles. The SMILES string of the molecule is O=C(O)[C@@H]1C[C@H]2CC[C@H]1N2Cc1c(Cl)ccc2cccnc12. The van der Waals surface area contributed by atoms with Crippen molar-refractivity contribution in [3.63, 3.8) is 0 Å². The first kappa shape index (κ1) is 14.0. The number of hydrogen-bond acceptors (Lipinski definition) is 3. The molecule has 0 spiro atoms. The Morgan fingerprint density at radius 3 is 3.00 bits per heavy atom. The van der Waals surface area contributed by atoms with Gasteiger partial charge in [-0.15, -0.1) is 0 Å². The Morgan fingerprint density at radius 2 is 2.23 bits per heavy atom. The molecule has 22 heavy (non-hydrogen) atoms. The molecule has 1 aromatic heterocycles. The van der Waals surface area contributed by atoms with Gasteiger partial charge in [-0.2, -0.15) is 0 Å². The topological polar surface area (TPSA) is 53.4 Å². The molecular formula is C17H17ClN2O2. The second-order valence-electron chi connectivity index (χ2n) is 6.25. The minimum absolute atomic E-state index is 0.137. The van der Waals surface area contributed by atoms with E-state index in [1.807, 2.05) is 24.3 Å². The minimum Gasteiger partial charge on any atom is -0.481 e. The largest absolute Gasteiger partial charge is 0.481 e. The number of pyridine rings is 1. The van der Waals surface area contributed by atoms with Gasteiger partial charge in [0.15, 0.2) is 0 Å². The smallest absolute Gasteiger partial charge is 0.308 e. The number of rotatable bonds is 3. The monoisotopic (exact) mass is 316 g/mol. The van der Waals surface area contributed by atoms with E-state index in [0.29, 0.717) is 17.6 Å². The quantitative estimate of drug-likeness (QED) is 0.943. The molecule has 2 aromatic rings. The van der Waals surface area contributed by atoms with Crippen LogP contribution in [0.15, 0.2) is 30.5 Å². The van der Waals surface area contributed by atoms with Gasteiger partial charge in [0.2, 0.25) is 0 Å². The fourth-order valence-corrected chi connectivity index (χ4v) is 4.34. The molecule has 2 bridgehead atoms. The molecule has 2 fully saturated rings. The van der Waals surface area contributed by atoms with Crippen LogP contribution >= 0.6 is 11.6 Å². The van der Waals surface area contributed by atoms with E-state index in [-0.39, 0.29) is 12.0 Å². The average molecular weight is 317 g/mol. The summed E-state index contributed by atoms with van der Waals surface area (Å²) < 4.78 is 0. The van der Waals surface area contributed by atoms with Gasteiger partial charge in [0.1, 0.15) is 0 Å². The summed E-state index contributed by atoms with van der Waals surface area (Å²) in [5.41, 5.74) is 1.94. The van der Waals surface area contributed by atoms with Crippen LogP contribution in [0.4, 0.5) is 0 Å². The van der Waals surface area contributed by atoms with Gasteiger partial charge >= 0.3 is 5.97 Å². The van der Waals surface area contributed by atoms with Crippen molar-refractivity contribution in [3.05, 3.63) is 41.0 Å². The van der Waals surface area contributed by atoms with Gasteiger partial charge in [-0.3, -0.25) is 14.7 Å². The Labute approximate surface area is 133 Å². The number of carboxylic acids is 1. The van der Waals surface area contributed by atoms with Gasteiger partial charge in [-0.1, -0.05) is 23.7 Å². The lowest BCUT2D eigenvalue weighted by Crippen LogP contribution is -2.32. The first-order valence-electron chi connectivity index (χ1n) is 7.66. The van der Waals surface area contributed by atoms with Gasteiger partial charge in [0, 0.05) is 40.8 Å². The van der Waals surface area contributed by atoms with E-state index in [2.05, 4.69) is 9.88 Å². The molecule has 0 aliphatic carbocycles. The molecule has 0 amide bonds. The third-order valence-corrected chi connectivity index (χ3v) is 5.52. The molecule has 114 valence electrons. The van der Waals surface area contributed by atoms with Crippen LogP contribution in [0.5, 0.6) is 0 Å². The third kappa shape index (κ3) is 2.09. The van der Waals surface area contributed by atoms with Crippen LogP contribution in [-0.4, -0.2) is 33.0 Å². The number of fused-ring (bicyclic) bond motifs is 3. The van der Waals surface area contributed by atoms with Crippen LogP contribution in [0.25, 0.3) is 10.9 Å². The first-order valence-corrected chi connectivity index (χ1v) is 8.03. The predicted octanol–water partition coefficient (Wildman–Crippen LogP) is 3.33. The highest BCUT2D eigenvalue weighted by Gasteiger charge is 2.49. The highest BCUT2D eigenvalue weighted by atomic mass is 35.5. The van der Waals surface area contributed by atoms with Crippen LogP contribution in [0, 0.1) is 5.92 Å². The summed E-state index contributed by atoms with van der Waals surface area (Å²) in [6.07, 6.45) is 4.60. The van der Waals surface area contributed by atoms with Crippen molar-refractivity contribution in [1.29, 1.82) is 0 Å². The fraction of sp³-hybridized carbons (Fsp3) is 0.412. The Hall–Kier alpha value is -1.65. The van der Waals surface area contributed by atoms with Crippen LogP contribution < -0.4 is 0 Å². The Kier molecular flexibility index (Phi) is 3.31. The van der Waals surface area contributed by atoms with E-state index in [9.17, 15) is 9.90 Å². The number of carboxylic acid groups (broad SMARTS) is 1. The van der Waals surface area contributed by atoms with E-state index in [1.54, 1.807) is 6.20 Å².